The van der Waals surface area contributed by atoms with Gasteiger partial charge in [-0.15, -0.1) is 11.3 Å². The van der Waals surface area contributed by atoms with Crippen molar-refractivity contribution >= 4 is 44.6 Å². The van der Waals surface area contributed by atoms with Crippen LogP contribution in [-0.4, -0.2) is 16.8 Å². The summed E-state index contributed by atoms with van der Waals surface area (Å²) in [4.78, 5) is 31.9. The Labute approximate surface area is 209 Å². The van der Waals surface area contributed by atoms with Crippen molar-refractivity contribution in [2.45, 2.75) is 40.0 Å². The molecule has 1 atom stereocenters. The molecule has 2 N–H and O–H groups in total. The Kier molecular flexibility index (Phi) is 6.15. The van der Waals surface area contributed by atoms with Crippen LogP contribution in [0.2, 0.25) is 0 Å². The molecular formula is C29H29N3O2S. The van der Waals surface area contributed by atoms with Crippen LogP contribution in [0, 0.1) is 11.3 Å². The zero-order chi connectivity index (χ0) is 24.6. The highest BCUT2D eigenvalue weighted by atomic mass is 32.1. The molecule has 2 aromatic carbocycles. The zero-order valence-corrected chi connectivity index (χ0v) is 21.0. The average molecular weight is 484 g/mol. The van der Waals surface area contributed by atoms with Crippen molar-refractivity contribution in [2.75, 3.05) is 10.6 Å². The number of hydrogen-bond donors (Lipinski definition) is 2. The van der Waals surface area contributed by atoms with Crippen LogP contribution in [0.3, 0.4) is 0 Å². The van der Waals surface area contributed by atoms with E-state index in [-0.39, 0.29) is 17.2 Å². The van der Waals surface area contributed by atoms with Gasteiger partial charge in [-0.25, -0.2) is 0 Å². The van der Waals surface area contributed by atoms with Gasteiger partial charge in [0.25, 0.3) is 11.8 Å². The Hall–Kier alpha value is -3.51. The van der Waals surface area contributed by atoms with Crippen LogP contribution >= 0.6 is 11.3 Å². The van der Waals surface area contributed by atoms with Gasteiger partial charge in [-0.05, 0) is 59.7 Å². The molecule has 0 radical (unpaired) electrons. The van der Waals surface area contributed by atoms with Crippen molar-refractivity contribution in [3.63, 3.8) is 0 Å². The van der Waals surface area contributed by atoms with E-state index in [2.05, 4.69) is 36.4 Å². The number of nitrogens with zero attached hydrogens (tertiary/aromatic N) is 1. The molecule has 0 spiro atoms. The topological polar surface area (TPSA) is 71.1 Å². The predicted molar refractivity (Wildman–Crippen MR) is 143 cm³/mol. The summed E-state index contributed by atoms with van der Waals surface area (Å²) in [5, 5.41) is 8.84. The van der Waals surface area contributed by atoms with E-state index in [4.69, 9.17) is 0 Å². The van der Waals surface area contributed by atoms with Crippen molar-refractivity contribution in [1.82, 2.24) is 4.98 Å². The molecule has 0 saturated heterocycles. The van der Waals surface area contributed by atoms with E-state index in [1.165, 1.54) is 16.2 Å². The van der Waals surface area contributed by atoms with E-state index >= 15 is 0 Å². The smallest absolute Gasteiger partial charge is 0.258 e. The molecule has 1 aliphatic carbocycles. The molecule has 0 unspecified atom stereocenters. The number of anilines is 2. The molecule has 178 valence electrons. The second-order valence-corrected chi connectivity index (χ2v) is 11.3. The van der Waals surface area contributed by atoms with Gasteiger partial charge in [-0.1, -0.05) is 57.2 Å². The van der Waals surface area contributed by atoms with Crippen LogP contribution in [0.25, 0.3) is 10.8 Å². The van der Waals surface area contributed by atoms with Crippen LogP contribution in [0.15, 0.2) is 67.0 Å². The largest absolute Gasteiger partial charge is 0.321 e. The first-order chi connectivity index (χ1) is 16.8. The lowest BCUT2D eigenvalue weighted by Gasteiger charge is -2.33. The fourth-order valence-electron chi connectivity index (χ4n) is 4.85. The lowest BCUT2D eigenvalue weighted by atomic mass is 9.72. The first-order valence-corrected chi connectivity index (χ1v) is 12.8. The number of nitrogens with one attached hydrogen (secondary N) is 2. The van der Waals surface area contributed by atoms with Gasteiger partial charge in [0.2, 0.25) is 0 Å². The molecule has 6 heteroatoms. The monoisotopic (exact) mass is 483 g/mol. The number of carbonyl (C=O) groups is 2. The number of rotatable bonds is 4. The molecule has 2 amide bonds. The number of carbonyl (C=O) groups excluding carboxylic acids is 2. The van der Waals surface area contributed by atoms with Gasteiger partial charge in [0, 0.05) is 33.9 Å². The third-order valence-electron chi connectivity index (χ3n) is 6.92. The van der Waals surface area contributed by atoms with Crippen molar-refractivity contribution in [3.05, 3.63) is 88.6 Å². The molecule has 35 heavy (non-hydrogen) atoms. The quantitative estimate of drug-likeness (QED) is 0.330. The maximum absolute atomic E-state index is 13.7. The maximum Gasteiger partial charge on any atom is 0.258 e. The van der Waals surface area contributed by atoms with Crippen molar-refractivity contribution < 1.29 is 9.59 Å². The summed E-state index contributed by atoms with van der Waals surface area (Å²) < 4.78 is 0. The maximum atomic E-state index is 13.7. The molecule has 4 aromatic rings. The first kappa shape index (κ1) is 23.2. The van der Waals surface area contributed by atoms with Crippen LogP contribution in [0.4, 0.5) is 10.7 Å². The van der Waals surface area contributed by atoms with Gasteiger partial charge in [0.15, 0.2) is 0 Å². The van der Waals surface area contributed by atoms with Gasteiger partial charge >= 0.3 is 0 Å². The standard InChI is InChI=1S/C29H29N3O2S/c1-29(2,3)20-11-12-22-24(17-20)35-28(32-26(33)19-13-15-30-16-14-19)25(22)27(34)31-23-10-6-8-18-7-4-5-9-21(18)23/h4-10,13-16,20H,11-12,17H2,1-3H3,(H,31,34)(H,32,33)/t20-/m1/s1. The Morgan fingerprint density at radius 2 is 1.69 bits per heavy atom. The third kappa shape index (κ3) is 4.71. The van der Waals surface area contributed by atoms with E-state index in [1.54, 1.807) is 24.5 Å². The van der Waals surface area contributed by atoms with Gasteiger partial charge in [0.1, 0.15) is 5.00 Å². The molecular weight excluding hydrogens is 454 g/mol. The average Bonchev–Trinajstić information content (AvgIpc) is 3.21. The minimum atomic E-state index is -0.238. The van der Waals surface area contributed by atoms with Gasteiger partial charge in [-0.2, -0.15) is 0 Å². The molecule has 5 rings (SSSR count). The molecule has 5 nitrogen and oxygen atoms in total. The summed E-state index contributed by atoms with van der Waals surface area (Å²) in [6.45, 7) is 6.82. The van der Waals surface area contributed by atoms with E-state index in [0.29, 0.717) is 22.0 Å². The molecule has 2 aromatic heterocycles. The second kappa shape index (κ2) is 9.27. The Morgan fingerprint density at radius 1 is 0.943 bits per heavy atom. The van der Waals surface area contributed by atoms with E-state index in [9.17, 15) is 9.59 Å². The lowest BCUT2D eigenvalue weighted by molar-refractivity contribution is 0.102. The molecule has 0 saturated carbocycles. The molecule has 0 aliphatic heterocycles. The molecule has 0 bridgehead atoms. The zero-order valence-electron chi connectivity index (χ0n) is 20.2. The SMILES string of the molecule is CC(C)(C)[C@@H]1CCc2c(sc(NC(=O)c3ccncc3)c2C(=O)Nc2cccc3ccccc23)C1. The molecule has 1 aliphatic rings. The number of amides is 2. The van der Waals surface area contributed by atoms with Crippen LogP contribution in [-0.2, 0) is 12.8 Å². The third-order valence-corrected chi connectivity index (χ3v) is 8.09. The number of pyridine rings is 1. The van der Waals surface area contributed by atoms with Gasteiger partial charge in [-0.3, -0.25) is 14.6 Å². The molecule has 0 fully saturated rings. The van der Waals surface area contributed by atoms with E-state index < -0.39 is 0 Å². The first-order valence-electron chi connectivity index (χ1n) is 12.0. The molecule has 2 heterocycles. The highest BCUT2D eigenvalue weighted by Gasteiger charge is 2.34. The number of benzene rings is 2. The minimum Gasteiger partial charge on any atom is -0.321 e. The second-order valence-electron chi connectivity index (χ2n) is 10.2. The van der Waals surface area contributed by atoms with Crippen molar-refractivity contribution in [3.8, 4) is 0 Å². The lowest BCUT2D eigenvalue weighted by Crippen LogP contribution is -2.27. The van der Waals surface area contributed by atoms with Crippen LogP contribution in [0.1, 0.15) is 58.3 Å². The number of thiophene rings is 1. The van der Waals surface area contributed by atoms with Crippen molar-refractivity contribution in [1.29, 1.82) is 0 Å². The van der Waals surface area contributed by atoms with Crippen LogP contribution in [0.5, 0.6) is 0 Å². The van der Waals surface area contributed by atoms with E-state index in [0.717, 1.165) is 41.3 Å². The van der Waals surface area contributed by atoms with Crippen molar-refractivity contribution in [2.24, 2.45) is 11.3 Å². The fraction of sp³-hybridized carbons (Fsp3) is 0.276. The summed E-state index contributed by atoms with van der Waals surface area (Å²) in [6, 6.07) is 17.2. The minimum absolute atomic E-state index is 0.182. The number of aromatic nitrogens is 1. The van der Waals surface area contributed by atoms with E-state index in [1.807, 2.05) is 42.5 Å². The normalized spacial score (nSPS) is 15.5. The number of fused-ring (bicyclic) bond motifs is 2. The fourth-order valence-corrected chi connectivity index (χ4v) is 6.17. The summed E-state index contributed by atoms with van der Waals surface area (Å²) in [5.74, 6) is 0.113. The highest BCUT2D eigenvalue weighted by Crippen LogP contribution is 2.44. The predicted octanol–water partition coefficient (Wildman–Crippen LogP) is 6.95. The van der Waals surface area contributed by atoms with Gasteiger partial charge in [0.05, 0.1) is 5.56 Å². The Morgan fingerprint density at radius 3 is 2.46 bits per heavy atom. The Bertz CT molecular complexity index is 1400. The summed E-state index contributed by atoms with van der Waals surface area (Å²) in [7, 11) is 0. The van der Waals surface area contributed by atoms with Gasteiger partial charge < -0.3 is 10.6 Å². The highest BCUT2D eigenvalue weighted by molar-refractivity contribution is 7.17. The van der Waals surface area contributed by atoms with Crippen LogP contribution < -0.4 is 10.6 Å². The summed E-state index contributed by atoms with van der Waals surface area (Å²) >= 11 is 1.54. The Balaban J connectivity index is 1.52. The summed E-state index contributed by atoms with van der Waals surface area (Å²) in [6.07, 6.45) is 5.97. The number of hydrogen-bond acceptors (Lipinski definition) is 4. The summed E-state index contributed by atoms with van der Waals surface area (Å²) in [5.41, 5.74) is 3.13.